The highest BCUT2D eigenvalue weighted by atomic mass is 15.2. The Bertz CT molecular complexity index is 549. The van der Waals surface area contributed by atoms with E-state index in [0.29, 0.717) is 5.92 Å². The molecule has 0 saturated carbocycles. The van der Waals surface area contributed by atoms with E-state index >= 15 is 0 Å². The minimum Gasteiger partial charge on any atom is -0.354 e. The monoisotopic (exact) mass is 283 g/mol. The summed E-state index contributed by atoms with van der Waals surface area (Å²) in [5, 5.41) is 3.19. The summed E-state index contributed by atoms with van der Waals surface area (Å²) in [4.78, 5) is 15.2. The largest absolute Gasteiger partial charge is 0.354 e. The summed E-state index contributed by atoms with van der Waals surface area (Å²) in [6.45, 7) is 6.17. The van der Waals surface area contributed by atoms with Crippen molar-refractivity contribution in [1.29, 1.82) is 0 Å². The third-order valence-electron chi connectivity index (χ3n) is 3.78. The van der Waals surface area contributed by atoms with Crippen molar-refractivity contribution in [2.24, 2.45) is 0 Å². The van der Waals surface area contributed by atoms with Crippen molar-refractivity contribution >= 4 is 5.95 Å². The number of likely N-dealkylation sites (tertiary alicyclic amines) is 1. The Kier molecular flexibility index (Phi) is 4.40. The van der Waals surface area contributed by atoms with E-state index in [-0.39, 0.29) is 0 Å². The first-order valence-corrected chi connectivity index (χ1v) is 7.52. The second-order valence-electron chi connectivity index (χ2n) is 5.51. The first-order chi connectivity index (χ1) is 10.3. The lowest BCUT2D eigenvalue weighted by Gasteiger charge is -2.39. The molecule has 1 fully saturated rings. The summed E-state index contributed by atoms with van der Waals surface area (Å²) in [5.74, 6) is 1.36. The maximum atomic E-state index is 4.35. The van der Waals surface area contributed by atoms with E-state index in [1.807, 2.05) is 24.8 Å². The van der Waals surface area contributed by atoms with Gasteiger partial charge in [0.05, 0.1) is 0 Å². The van der Waals surface area contributed by atoms with Crippen molar-refractivity contribution in [2.75, 3.05) is 25.0 Å². The van der Waals surface area contributed by atoms with Gasteiger partial charge in [-0.05, 0) is 24.1 Å². The van der Waals surface area contributed by atoms with Crippen LogP contribution in [0.1, 0.15) is 30.4 Å². The molecular formula is C16H21N5. The second kappa shape index (κ2) is 6.63. The fourth-order valence-corrected chi connectivity index (χ4v) is 2.57. The van der Waals surface area contributed by atoms with Crippen LogP contribution < -0.4 is 5.32 Å². The minimum atomic E-state index is 0.638. The van der Waals surface area contributed by atoms with Gasteiger partial charge in [0.1, 0.15) is 0 Å². The van der Waals surface area contributed by atoms with Gasteiger partial charge in [0.2, 0.25) is 5.95 Å². The fraction of sp³-hybridized carbons (Fsp3) is 0.438. The van der Waals surface area contributed by atoms with E-state index in [9.17, 15) is 0 Å². The third kappa shape index (κ3) is 3.55. The first kappa shape index (κ1) is 13.9. The molecular weight excluding hydrogens is 262 g/mol. The lowest BCUT2D eigenvalue weighted by molar-refractivity contribution is 0.139. The molecule has 0 amide bonds. The number of pyridine rings is 1. The maximum Gasteiger partial charge on any atom is 0.222 e. The number of hydrogen-bond acceptors (Lipinski definition) is 5. The molecule has 1 saturated heterocycles. The van der Waals surface area contributed by atoms with Gasteiger partial charge in [0.15, 0.2) is 0 Å². The molecule has 0 unspecified atom stereocenters. The van der Waals surface area contributed by atoms with Crippen LogP contribution in [0.25, 0.3) is 0 Å². The van der Waals surface area contributed by atoms with Crippen molar-refractivity contribution < 1.29 is 0 Å². The van der Waals surface area contributed by atoms with Gasteiger partial charge in [0, 0.05) is 62.4 Å². The van der Waals surface area contributed by atoms with Crippen LogP contribution in [0.5, 0.6) is 0 Å². The van der Waals surface area contributed by atoms with Crippen LogP contribution in [-0.2, 0) is 6.54 Å². The Labute approximate surface area is 125 Å². The van der Waals surface area contributed by atoms with Crippen molar-refractivity contribution in [3.05, 3.63) is 48.0 Å². The number of hydrogen-bond donors (Lipinski definition) is 1. The quantitative estimate of drug-likeness (QED) is 0.881. The highest BCUT2D eigenvalue weighted by Crippen LogP contribution is 2.27. The zero-order valence-electron chi connectivity index (χ0n) is 12.4. The zero-order chi connectivity index (χ0) is 14.5. The maximum absolute atomic E-state index is 4.35. The number of nitrogens with one attached hydrogen (secondary N) is 1. The van der Waals surface area contributed by atoms with Crippen LogP contribution >= 0.6 is 0 Å². The molecule has 0 aliphatic carbocycles. The van der Waals surface area contributed by atoms with Crippen molar-refractivity contribution in [1.82, 2.24) is 19.9 Å². The Balaban J connectivity index is 1.48. The fourth-order valence-electron chi connectivity index (χ4n) is 2.57. The highest BCUT2D eigenvalue weighted by molar-refractivity contribution is 5.25. The van der Waals surface area contributed by atoms with Gasteiger partial charge >= 0.3 is 0 Å². The van der Waals surface area contributed by atoms with E-state index in [2.05, 4.69) is 44.2 Å². The van der Waals surface area contributed by atoms with Crippen LogP contribution in [0.2, 0.25) is 0 Å². The predicted octanol–water partition coefficient (Wildman–Crippen LogP) is 2.29. The molecule has 5 nitrogen and oxygen atoms in total. The summed E-state index contributed by atoms with van der Waals surface area (Å²) < 4.78 is 0. The summed E-state index contributed by atoms with van der Waals surface area (Å²) >= 11 is 0. The molecule has 21 heavy (non-hydrogen) atoms. The average Bonchev–Trinajstić information content (AvgIpc) is 2.50. The molecule has 1 N–H and O–H groups in total. The molecule has 1 aliphatic heterocycles. The molecule has 2 aromatic rings. The Morgan fingerprint density at radius 2 is 1.90 bits per heavy atom. The van der Waals surface area contributed by atoms with Gasteiger partial charge in [-0.3, -0.25) is 9.88 Å². The molecule has 0 atom stereocenters. The predicted molar refractivity (Wildman–Crippen MR) is 83.1 cm³/mol. The van der Waals surface area contributed by atoms with Crippen molar-refractivity contribution in [3.8, 4) is 0 Å². The summed E-state index contributed by atoms with van der Waals surface area (Å²) in [6, 6.07) is 4.22. The van der Waals surface area contributed by atoms with Gasteiger partial charge in [-0.25, -0.2) is 9.97 Å². The molecule has 0 spiro atoms. The molecule has 3 rings (SSSR count). The molecule has 0 radical (unpaired) electrons. The Morgan fingerprint density at radius 1 is 1.19 bits per heavy atom. The lowest BCUT2D eigenvalue weighted by atomic mass is 9.92. The topological polar surface area (TPSA) is 53.9 Å². The van der Waals surface area contributed by atoms with E-state index < -0.39 is 0 Å². The minimum absolute atomic E-state index is 0.638. The normalized spacial score (nSPS) is 15.7. The average molecular weight is 283 g/mol. The number of anilines is 1. The van der Waals surface area contributed by atoms with Crippen LogP contribution in [0.4, 0.5) is 5.95 Å². The Morgan fingerprint density at radius 3 is 2.57 bits per heavy atom. The SMILES string of the molecule is CCCNc1ncc(CN2CC(c3ccncc3)C2)cn1. The molecule has 1 aliphatic rings. The number of rotatable bonds is 6. The van der Waals surface area contributed by atoms with Gasteiger partial charge in [-0.15, -0.1) is 0 Å². The van der Waals surface area contributed by atoms with Gasteiger partial charge in [-0.2, -0.15) is 0 Å². The summed E-state index contributed by atoms with van der Waals surface area (Å²) in [5.41, 5.74) is 2.56. The Hall–Kier alpha value is -2.01. The third-order valence-corrected chi connectivity index (χ3v) is 3.78. The van der Waals surface area contributed by atoms with Crippen LogP contribution in [-0.4, -0.2) is 39.5 Å². The molecule has 2 aromatic heterocycles. The molecule has 110 valence electrons. The van der Waals surface area contributed by atoms with E-state index in [1.165, 1.54) is 11.1 Å². The van der Waals surface area contributed by atoms with Crippen LogP contribution in [0.15, 0.2) is 36.9 Å². The van der Waals surface area contributed by atoms with Crippen molar-refractivity contribution in [3.63, 3.8) is 0 Å². The van der Waals surface area contributed by atoms with Crippen LogP contribution in [0, 0.1) is 0 Å². The van der Waals surface area contributed by atoms with Gasteiger partial charge in [0.25, 0.3) is 0 Å². The van der Waals surface area contributed by atoms with E-state index in [4.69, 9.17) is 0 Å². The molecule has 0 aromatic carbocycles. The van der Waals surface area contributed by atoms with Gasteiger partial charge in [-0.1, -0.05) is 6.92 Å². The van der Waals surface area contributed by atoms with Crippen LogP contribution in [0.3, 0.4) is 0 Å². The highest BCUT2D eigenvalue weighted by Gasteiger charge is 2.27. The molecule has 0 bridgehead atoms. The number of aromatic nitrogens is 3. The van der Waals surface area contributed by atoms with Gasteiger partial charge < -0.3 is 5.32 Å². The summed E-state index contributed by atoms with van der Waals surface area (Å²) in [6.07, 6.45) is 8.66. The first-order valence-electron chi connectivity index (χ1n) is 7.52. The molecule has 5 heteroatoms. The molecule has 3 heterocycles. The second-order valence-corrected chi connectivity index (χ2v) is 5.51. The van der Waals surface area contributed by atoms with E-state index in [0.717, 1.165) is 38.5 Å². The van der Waals surface area contributed by atoms with E-state index in [1.54, 1.807) is 0 Å². The standard InChI is InChI=1S/C16H21N5/c1-2-5-18-16-19-8-13(9-20-16)10-21-11-15(12-21)14-3-6-17-7-4-14/h3-4,6-9,15H,2,5,10-12H2,1H3,(H,18,19,20). The smallest absolute Gasteiger partial charge is 0.222 e. The van der Waals surface area contributed by atoms with Crippen molar-refractivity contribution in [2.45, 2.75) is 25.8 Å². The number of nitrogens with zero attached hydrogens (tertiary/aromatic N) is 4. The zero-order valence-corrected chi connectivity index (χ0v) is 12.4. The lowest BCUT2D eigenvalue weighted by Crippen LogP contribution is -2.44. The summed E-state index contributed by atoms with van der Waals surface area (Å²) in [7, 11) is 0.